The van der Waals surface area contributed by atoms with Gasteiger partial charge in [0.2, 0.25) is 5.91 Å². The van der Waals surface area contributed by atoms with Crippen molar-refractivity contribution < 1.29 is 19.4 Å². The number of anilines is 1. The number of carbonyl (C=O) groups is 2. The summed E-state index contributed by atoms with van der Waals surface area (Å²) < 4.78 is 5.42. The molecule has 0 saturated carbocycles. The standard InChI is InChI=1S/C13H15NO4S/c1-19-8-5-11(15)14-6-7-18-12-9(13(16)17)3-2-4-10(12)14/h2-4H,5-8H2,1H3,(H,16,17). The van der Waals surface area contributed by atoms with Crippen molar-refractivity contribution in [3.05, 3.63) is 23.8 Å². The molecule has 0 spiro atoms. The lowest BCUT2D eigenvalue weighted by molar-refractivity contribution is -0.118. The molecule has 102 valence electrons. The Labute approximate surface area is 115 Å². The molecular formula is C13H15NO4S. The lowest BCUT2D eigenvalue weighted by atomic mass is 10.1. The molecule has 0 radical (unpaired) electrons. The zero-order valence-corrected chi connectivity index (χ0v) is 11.4. The van der Waals surface area contributed by atoms with Crippen LogP contribution in [0.5, 0.6) is 5.75 Å². The van der Waals surface area contributed by atoms with Crippen molar-refractivity contribution in [2.75, 3.05) is 30.1 Å². The first-order valence-electron chi connectivity index (χ1n) is 5.93. The fraction of sp³-hybridized carbons (Fsp3) is 0.385. The van der Waals surface area contributed by atoms with Crippen LogP contribution in [0.4, 0.5) is 5.69 Å². The van der Waals surface area contributed by atoms with Gasteiger partial charge in [-0.15, -0.1) is 0 Å². The van der Waals surface area contributed by atoms with Crippen molar-refractivity contribution in [3.8, 4) is 5.75 Å². The third-order valence-corrected chi connectivity index (χ3v) is 3.51. The van der Waals surface area contributed by atoms with Crippen molar-refractivity contribution in [2.45, 2.75) is 6.42 Å². The van der Waals surface area contributed by atoms with E-state index in [4.69, 9.17) is 9.84 Å². The van der Waals surface area contributed by atoms with Gasteiger partial charge < -0.3 is 14.7 Å². The molecule has 1 amide bonds. The number of thioether (sulfide) groups is 1. The summed E-state index contributed by atoms with van der Waals surface area (Å²) in [7, 11) is 0. The molecule has 5 nitrogen and oxygen atoms in total. The number of carboxylic acids is 1. The SMILES string of the molecule is CSCCC(=O)N1CCOc2c(C(=O)O)cccc21. The normalized spacial score (nSPS) is 13.6. The number of rotatable bonds is 4. The topological polar surface area (TPSA) is 66.8 Å². The van der Waals surface area contributed by atoms with Gasteiger partial charge in [-0.2, -0.15) is 11.8 Å². The van der Waals surface area contributed by atoms with Gasteiger partial charge in [-0.1, -0.05) is 6.07 Å². The van der Waals surface area contributed by atoms with E-state index in [9.17, 15) is 9.59 Å². The first kappa shape index (κ1) is 13.7. The highest BCUT2D eigenvalue weighted by Gasteiger charge is 2.26. The summed E-state index contributed by atoms with van der Waals surface area (Å²) in [6, 6.07) is 4.83. The number of para-hydroxylation sites is 1. The van der Waals surface area contributed by atoms with E-state index in [1.807, 2.05) is 6.26 Å². The predicted molar refractivity (Wildman–Crippen MR) is 74.2 cm³/mol. The van der Waals surface area contributed by atoms with Crippen LogP contribution in [0.15, 0.2) is 18.2 Å². The molecule has 1 heterocycles. The zero-order valence-electron chi connectivity index (χ0n) is 10.6. The smallest absolute Gasteiger partial charge is 0.339 e. The second-order valence-corrected chi connectivity index (χ2v) is 5.08. The van der Waals surface area contributed by atoms with E-state index in [2.05, 4.69) is 0 Å². The lowest BCUT2D eigenvalue weighted by Gasteiger charge is -2.30. The molecule has 1 N–H and O–H groups in total. The second kappa shape index (κ2) is 5.97. The van der Waals surface area contributed by atoms with E-state index in [0.717, 1.165) is 5.75 Å². The summed E-state index contributed by atoms with van der Waals surface area (Å²) >= 11 is 1.61. The van der Waals surface area contributed by atoms with Crippen molar-refractivity contribution in [3.63, 3.8) is 0 Å². The summed E-state index contributed by atoms with van der Waals surface area (Å²) in [5, 5.41) is 9.12. The minimum absolute atomic E-state index is 0.00133. The second-order valence-electron chi connectivity index (χ2n) is 4.10. The van der Waals surface area contributed by atoms with Crippen molar-refractivity contribution in [2.24, 2.45) is 0 Å². The van der Waals surface area contributed by atoms with Crippen molar-refractivity contribution >= 4 is 29.3 Å². The average molecular weight is 281 g/mol. The molecule has 2 rings (SSSR count). The number of aromatic carboxylic acids is 1. The highest BCUT2D eigenvalue weighted by molar-refractivity contribution is 7.98. The van der Waals surface area contributed by atoms with E-state index < -0.39 is 5.97 Å². The van der Waals surface area contributed by atoms with Gasteiger partial charge in [-0.3, -0.25) is 4.79 Å². The molecule has 19 heavy (non-hydrogen) atoms. The molecule has 1 aromatic carbocycles. The monoisotopic (exact) mass is 281 g/mol. The molecule has 0 saturated heterocycles. The van der Waals surface area contributed by atoms with E-state index in [1.54, 1.807) is 28.8 Å². The van der Waals surface area contributed by atoms with Gasteiger partial charge in [-0.05, 0) is 18.4 Å². The van der Waals surface area contributed by atoms with Crippen LogP contribution in [-0.2, 0) is 4.79 Å². The number of ether oxygens (including phenoxy) is 1. The third-order valence-electron chi connectivity index (χ3n) is 2.90. The van der Waals surface area contributed by atoms with Crippen LogP contribution >= 0.6 is 11.8 Å². The number of hydrogen-bond donors (Lipinski definition) is 1. The first-order valence-corrected chi connectivity index (χ1v) is 7.33. The van der Waals surface area contributed by atoms with Crippen molar-refractivity contribution in [1.29, 1.82) is 0 Å². The van der Waals surface area contributed by atoms with Gasteiger partial charge in [0.15, 0.2) is 5.75 Å². The van der Waals surface area contributed by atoms with E-state index in [-0.39, 0.29) is 11.5 Å². The molecule has 1 aliphatic heterocycles. The number of amides is 1. The zero-order chi connectivity index (χ0) is 13.8. The Balaban J connectivity index is 2.32. The molecule has 0 unspecified atom stereocenters. The molecule has 6 heteroatoms. The highest BCUT2D eigenvalue weighted by Crippen LogP contribution is 2.35. The maximum atomic E-state index is 12.1. The molecule has 0 fully saturated rings. The van der Waals surface area contributed by atoms with Gasteiger partial charge in [0.05, 0.1) is 12.2 Å². The van der Waals surface area contributed by atoms with Gasteiger partial charge in [0.1, 0.15) is 12.2 Å². The Morgan fingerprint density at radius 1 is 1.47 bits per heavy atom. The largest absolute Gasteiger partial charge is 0.489 e. The molecular weight excluding hydrogens is 266 g/mol. The van der Waals surface area contributed by atoms with Crippen LogP contribution in [0.3, 0.4) is 0 Å². The van der Waals surface area contributed by atoms with Crippen molar-refractivity contribution in [1.82, 2.24) is 0 Å². The fourth-order valence-corrected chi connectivity index (χ4v) is 2.38. The molecule has 0 atom stereocenters. The Bertz CT molecular complexity index is 503. The number of nitrogens with zero attached hydrogens (tertiary/aromatic N) is 1. The van der Waals surface area contributed by atoms with Gasteiger partial charge in [0, 0.05) is 12.2 Å². The lowest BCUT2D eigenvalue weighted by Crippen LogP contribution is -2.38. The summed E-state index contributed by atoms with van der Waals surface area (Å²) in [5.41, 5.74) is 0.650. The highest BCUT2D eigenvalue weighted by atomic mass is 32.2. The quantitative estimate of drug-likeness (QED) is 0.912. The Morgan fingerprint density at radius 3 is 2.95 bits per heavy atom. The number of benzene rings is 1. The van der Waals surface area contributed by atoms with Gasteiger partial charge in [-0.25, -0.2) is 4.79 Å². The molecule has 0 aliphatic carbocycles. The maximum Gasteiger partial charge on any atom is 0.339 e. The van der Waals surface area contributed by atoms with Crippen LogP contribution in [0.1, 0.15) is 16.8 Å². The van der Waals surface area contributed by atoms with Crippen LogP contribution in [0.25, 0.3) is 0 Å². The summed E-state index contributed by atoms with van der Waals surface area (Å²) in [6.45, 7) is 0.783. The summed E-state index contributed by atoms with van der Waals surface area (Å²) in [4.78, 5) is 24.9. The number of carboxylic acid groups (broad SMARTS) is 1. The van der Waals surface area contributed by atoms with Crippen LogP contribution in [-0.4, -0.2) is 42.1 Å². The van der Waals surface area contributed by atoms with E-state index in [0.29, 0.717) is 31.0 Å². The minimum atomic E-state index is -1.05. The Kier molecular flexibility index (Phi) is 4.31. The van der Waals surface area contributed by atoms with Gasteiger partial charge in [0.25, 0.3) is 0 Å². The molecule has 1 aliphatic rings. The minimum Gasteiger partial charge on any atom is -0.489 e. The van der Waals surface area contributed by atoms with Crippen LogP contribution < -0.4 is 9.64 Å². The molecule has 1 aromatic rings. The fourth-order valence-electron chi connectivity index (χ4n) is 2.00. The predicted octanol–water partition coefficient (Wildman–Crippen LogP) is 1.86. The Morgan fingerprint density at radius 2 is 2.26 bits per heavy atom. The van der Waals surface area contributed by atoms with Gasteiger partial charge >= 0.3 is 5.97 Å². The molecule has 0 aromatic heterocycles. The van der Waals surface area contributed by atoms with E-state index in [1.165, 1.54) is 6.07 Å². The van der Waals surface area contributed by atoms with E-state index >= 15 is 0 Å². The third kappa shape index (κ3) is 2.84. The Hall–Kier alpha value is -1.69. The first-order chi connectivity index (χ1) is 9.15. The summed E-state index contributed by atoms with van der Waals surface area (Å²) in [5.74, 6) is -0.0000980. The van der Waals surface area contributed by atoms with Crippen LogP contribution in [0.2, 0.25) is 0 Å². The molecule has 0 bridgehead atoms. The summed E-state index contributed by atoms with van der Waals surface area (Å²) in [6.07, 6.45) is 2.39. The maximum absolute atomic E-state index is 12.1. The number of hydrogen-bond acceptors (Lipinski definition) is 4. The van der Waals surface area contributed by atoms with Crippen LogP contribution in [0, 0.1) is 0 Å². The average Bonchev–Trinajstić information content (AvgIpc) is 2.43. The number of carbonyl (C=O) groups excluding carboxylic acids is 1. The number of fused-ring (bicyclic) bond motifs is 1.